The van der Waals surface area contributed by atoms with Crippen molar-refractivity contribution in [3.63, 3.8) is 0 Å². The minimum absolute atomic E-state index is 0.0365. The Kier molecular flexibility index (Phi) is 7.14. The van der Waals surface area contributed by atoms with Gasteiger partial charge in [-0.15, -0.1) is 13.0 Å². The Bertz CT molecular complexity index is 775. The zero-order valence-corrected chi connectivity index (χ0v) is 17.8. The monoisotopic (exact) mass is 379 g/mol. The van der Waals surface area contributed by atoms with Gasteiger partial charge in [-0.25, -0.2) is 4.39 Å². The van der Waals surface area contributed by atoms with Gasteiger partial charge in [-0.1, -0.05) is 67.4 Å². The molecule has 0 amide bonds. The lowest BCUT2D eigenvalue weighted by atomic mass is 9.56. The smallest absolute Gasteiger partial charge is 0.112 e. The first-order valence-corrected chi connectivity index (χ1v) is 10.3. The van der Waals surface area contributed by atoms with Gasteiger partial charge in [0.2, 0.25) is 0 Å². The molecule has 3 atom stereocenters. The standard InChI is InChI=1S/C26H34FN/c1-8-10-12-15-21(7)23(27)18-22-24(19(3)4)28-25(16-13-11-14-17-25)26(22,9-2)20(5)6/h2,8,22,24,28H,1,3,5,10-11,13-14,16-18H2,4,6-7H3/b23-21+. The van der Waals surface area contributed by atoms with E-state index in [9.17, 15) is 0 Å². The third-order valence-electron chi connectivity index (χ3n) is 6.61. The van der Waals surface area contributed by atoms with Crippen LogP contribution >= 0.6 is 0 Å². The summed E-state index contributed by atoms with van der Waals surface area (Å²) < 4.78 is 15.2. The topological polar surface area (TPSA) is 12.0 Å². The summed E-state index contributed by atoms with van der Waals surface area (Å²) in [5, 5.41) is 3.83. The molecular formula is C26H34FN. The zero-order chi connectivity index (χ0) is 20.9. The third kappa shape index (κ3) is 3.76. The van der Waals surface area contributed by atoms with Crippen molar-refractivity contribution in [1.29, 1.82) is 0 Å². The Morgan fingerprint density at radius 2 is 1.86 bits per heavy atom. The summed E-state index contributed by atoms with van der Waals surface area (Å²) >= 11 is 0. The predicted octanol–water partition coefficient (Wildman–Crippen LogP) is 6.26. The van der Waals surface area contributed by atoms with Crippen LogP contribution in [0.2, 0.25) is 0 Å². The van der Waals surface area contributed by atoms with E-state index in [0.29, 0.717) is 12.0 Å². The number of hydrogen-bond acceptors (Lipinski definition) is 1. The predicted molar refractivity (Wildman–Crippen MR) is 118 cm³/mol. The van der Waals surface area contributed by atoms with Crippen LogP contribution in [0.15, 0.2) is 48.4 Å². The molecule has 2 fully saturated rings. The molecule has 3 unspecified atom stereocenters. The van der Waals surface area contributed by atoms with E-state index < -0.39 is 5.41 Å². The quantitative estimate of drug-likeness (QED) is 0.439. The minimum Gasteiger partial charge on any atom is -0.303 e. The first kappa shape index (κ1) is 22.3. The van der Waals surface area contributed by atoms with E-state index in [0.717, 1.165) is 36.8 Å². The van der Waals surface area contributed by atoms with Crippen molar-refractivity contribution in [2.75, 3.05) is 0 Å². The molecular weight excluding hydrogens is 345 g/mol. The van der Waals surface area contributed by atoms with E-state index in [-0.39, 0.29) is 29.7 Å². The second-order valence-corrected chi connectivity index (χ2v) is 8.48. The maximum absolute atomic E-state index is 15.2. The maximum atomic E-state index is 15.2. The summed E-state index contributed by atoms with van der Waals surface area (Å²) in [5.41, 5.74) is 1.59. The third-order valence-corrected chi connectivity index (χ3v) is 6.61. The van der Waals surface area contributed by atoms with Crippen molar-refractivity contribution < 1.29 is 4.39 Å². The van der Waals surface area contributed by atoms with Gasteiger partial charge in [0.15, 0.2) is 0 Å². The molecule has 1 N–H and O–H groups in total. The van der Waals surface area contributed by atoms with Crippen molar-refractivity contribution in [2.45, 2.75) is 77.3 Å². The minimum atomic E-state index is -0.594. The SMILES string of the molecule is C#CC1(C(=C)C)C(C/C(F)=C(/C)C#CCC=C)C(C(=C)C)NC12CCCCC2. The Morgan fingerprint density at radius 1 is 1.21 bits per heavy atom. The van der Waals surface area contributed by atoms with Crippen LogP contribution < -0.4 is 5.32 Å². The van der Waals surface area contributed by atoms with Crippen molar-refractivity contribution in [3.8, 4) is 24.2 Å². The van der Waals surface area contributed by atoms with Gasteiger partial charge in [0, 0.05) is 35.9 Å². The highest BCUT2D eigenvalue weighted by atomic mass is 19.1. The first-order valence-electron chi connectivity index (χ1n) is 10.3. The van der Waals surface area contributed by atoms with Gasteiger partial charge in [-0.05, 0) is 33.6 Å². The number of allylic oxidation sites excluding steroid dienone is 3. The molecule has 150 valence electrons. The molecule has 0 radical (unpaired) electrons. The van der Waals surface area contributed by atoms with Crippen LogP contribution in [0, 0.1) is 35.5 Å². The fourth-order valence-electron chi connectivity index (χ4n) is 5.31. The van der Waals surface area contributed by atoms with E-state index in [1.165, 1.54) is 6.42 Å². The van der Waals surface area contributed by atoms with Crippen molar-refractivity contribution in [3.05, 3.63) is 48.4 Å². The maximum Gasteiger partial charge on any atom is 0.112 e. The Hall–Kier alpha value is -2.03. The van der Waals surface area contributed by atoms with E-state index >= 15 is 4.39 Å². The van der Waals surface area contributed by atoms with Crippen molar-refractivity contribution >= 4 is 0 Å². The lowest BCUT2D eigenvalue weighted by molar-refractivity contribution is 0.145. The largest absolute Gasteiger partial charge is 0.303 e. The number of halogens is 1. The highest BCUT2D eigenvalue weighted by molar-refractivity contribution is 5.41. The summed E-state index contributed by atoms with van der Waals surface area (Å²) in [6.07, 6.45) is 14.2. The van der Waals surface area contributed by atoms with Crippen LogP contribution in [0.5, 0.6) is 0 Å². The second kappa shape index (κ2) is 8.98. The van der Waals surface area contributed by atoms with E-state index in [2.05, 4.69) is 42.8 Å². The molecule has 0 aromatic rings. The summed E-state index contributed by atoms with van der Waals surface area (Å²) in [4.78, 5) is 0. The van der Waals surface area contributed by atoms with Gasteiger partial charge in [0.25, 0.3) is 0 Å². The summed E-state index contributed by atoms with van der Waals surface area (Å²) in [7, 11) is 0. The lowest BCUT2D eigenvalue weighted by Gasteiger charge is -2.48. The summed E-state index contributed by atoms with van der Waals surface area (Å²) in [5.74, 6) is 8.66. The molecule has 1 heterocycles. The number of hydrogen-bond donors (Lipinski definition) is 1. The zero-order valence-electron chi connectivity index (χ0n) is 17.8. The Balaban J connectivity index is 2.54. The molecule has 28 heavy (non-hydrogen) atoms. The number of terminal acetylenes is 1. The van der Waals surface area contributed by atoms with Crippen LogP contribution in [0.3, 0.4) is 0 Å². The van der Waals surface area contributed by atoms with Crippen LogP contribution in [0.1, 0.15) is 65.7 Å². The average Bonchev–Trinajstić information content (AvgIpc) is 2.92. The molecule has 2 aliphatic rings. The molecule has 2 rings (SSSR count). The van der Waals surface area contributed by atoms with Gasteiger partial charge in [0.05, 0.1) is 5.41 Å². The Morgan fingerprint density at radius 3 is 2.36 bits per heavy atom. The summed E-state index contributed by atoms with van der Waals surface area (Å²) in [6, 6.07) is -0.0365. The fourth-order valence-corrected chi connectivity index (χ4v) is 5.31. The van der Waals surface area contributed by atoms with Gasteiger partial charge >= 0.3 is 0 Å². The molecule has 1 saturated heterocycles. The molecule has 1 aliphatic carbocycles. The highest BCUT2D eigenvalue weighted by Gasteiger charge is 2.63. The Labute approximate surface area is 171 Å². The van der Waals surface area contributed by atoms with E-state index in [4.69, 9.17) is 6.42 Å². The normalized spacial score (nSPS) is 29.2. The summed E-state index contributed by atoms with van der Waals surface area (Å²) in [6.45, 7) is 17.9. The van der Waals surface area contributed by atoms with Crippen molar-refractivity contribution in [2.24, 2.45) is 11.3 Å². The molecule has 1 aliphatic heterocycles. The highest BCUT2D eigenvalue weighted by Crippen LogP contribution is 2.58. The van der Waals surface area contributed by atoms with Gasteiger partial charge in [0.1, 0.15) is 5.83 Å². The molecule has 0 aromatic carbocycles. The van der Waals surface area contributed by atoms with Gasteiger partial charge in [-0.2, -0.15) is 0 Å². The van der Waals surface area contributed by atoms with Gasteiger partial charge in [-0.3, -0.25) is 0 Å². The van der Waals surface area contributed by atoms with Crippen LogP contribution in [0.25, 0.3) is 0 Å². The molecule has 2 heteroatoms. The molecule has 0 bridgehead atoms. The number of rotatable bonds is 5. The van der Waals surface area contributed by atoms with Gasteiger partial charge < -0.3 is 5.32 Å². The van der Waals surface area contributed by atoms with Crippen LogP contribution in [-0.2, 0) is 0 Å². The number of nitrogens with one attached hydrogen (secondary N) is 1. The van der Waals surface area contributed by atoms with E-state index in [1.54, 1.807) is 13.0 Å². The average molecular weight is 380 g/mol. The van der Waals surface area contributed by atoms with Crippen LogP contribution in [0.4, 0.5) is 4.39 Å². The first-order chi connectivity index (χ1) is 13.3. The van der Waals surface area contributed by atoms with Crippen molar-refractivity contribution in [1.82, 2.24) is 5.32 Å². The van der Waals surface area contributed by atoms with Crippen LogP contribution in [-0.4, -0.2) is 11.6 Å². The fraction of sp³-hybridized carbons (Fsp3) is 0.538. The molecule has 1 spiro atoms. The lowest BCUT2D eigenvalue weighted by Crippen LogP contribution is -2.54. The molecule has 1 nitrogen and oxygen atoms in total. The second-order valence-electron chi connectivity index (χ2n) is 8.48. The molecule has 0 aromatic heterocycles. The van der Waals surface area contributed by atoms with E-state index in [1.807, 2.05) is 13.8 Å². The molecule has 1 saturated carbocycles.